The second kappa shape index (κ2) is 17.2. The maximum Gasteiger partial charge on any atom is 0.333 e. The third kappa shape index (κ3) is 7.63. The van der Waals surface area contributed by atoms with Gasteiger partial charge in [0.15, 0.2) is 22.8 Å². The number of aliphatic hydroxyl groups is 3. The number of allylic oxidation sites excluding steroid dienone is 5. The van der Waals surface area contributed by atoms with Crippen molar-refractivity contribution in [3.63, 3.8) is 0 Å². The summed E-state index contributed by atoms with van der Waals surface area (Å²) in [4.78, 5) is 29.8. The van der Waals surface area contributed by atoms with E-state index in [-0.39, 0.29) is 60.3 Å². The third-order valence-electron chi connectivity index (χ3n) is 14.9. The summed E-state index contributed by atoms with van der Waals surface area (Å²) in [6.45, 7) is 19.2. The Kier molecular flexibility index (Phi) is 12.5. The van der Waals surface area contributed by atoms with E-state index in [2.05, 4.69) is 12.1 Å². The summed E-state index contributed by atoms with van der Waals surface area (Å²) in [5.41, 5.74) is 7.04. The van der Waals surface area contributed by atoms with Crippen molar-refractivity contribution in [2.24, 2.45) is 29.4 Å². The number of nitrogens with zero attached hydrogens (tertiary/aromatic N) is 2. The van der Waals surface area contributed by atoms with Gasteiger partial charge in [-0.2, -0.15) is 5.26 Å². The van der Waals surface area contributed by atoms with Gasteiger partial charge in [-0.3, -0.25) is 4.79 Å². The van der Waals surface area contributed by atoms with Gasteiger partial charge in [0.25, 0.3) is 0 Å². The van der Waals surface area contributed by atoms with Crippen molar-refractivity contribution >= 4 is 23.5 Å². The lowest BCUT2D eigenvalue weighted by Gasteiger charge is -2.66. The molecule has 0 aromatic heterocycles. The molecule has 15 heteroatoms. The number of Topliss-reactive ketones (excluding diaryl/α,β-unsaturated/α-hetero) is 1. The maximum atomic E-state index is 15.3. The second-order valence-corrected chi connectivity index (χ2v) is 20.8. The number of carbonyl (C=O) groups is 2. The molecule has 8 aliphatic rings. The number of aliphatic hydroxyl groups excluding tert-OH is 2. The summed E-state index contributed by atoms with van der Waals surface area (Å²) in [6.07, 6.45) is 4.94. The van der Waals surface area contributed by atoms with Crippen LogP contribution in [0.2, 0.25) is 0 Å². The molecule has 3 saturated carbocycles. The Hall–Kier alpha value is -4.95. The Balaban J connectivity index is 1.46. The van der Waals surface area contributed by atoms with Gasteiger partial charge in [0, 0.05) is 47.9 Å². The van der Waals surface area contributed by atoms with Gasteiger partial charge >= 0.3 is 5.97 Å². The second-order valence-electron chi connectivity index (χ2n) is 20.8. The van der Waals surface area contributed by atoms with E-state index in [0.29, 0.717) is 40.1 Å². The van der Waals surface area contributed by atoms with Gasteiger partial charge in [-0.15, -0.1) is 0 Å². The molecule has 3 aliphatic carbocycles. The number of hydrogen-bond donors (Lipinski definition) is 4. The summed E-state index contributed by atoms with van der Waals surface area (Å²) in [7, 11) is 3.00. The van der Waals surface area contributed by atoms with Crippen molar-refractivity contribution in [1.29, 1.82) is 5.26 Å². The molecule has 0 radical (unpaired) electrons. The Morgan fingerprint density at radius 1 is 1.06 bits per heavy atom. The summed E-state index contributed by atoms with van der Waals surface area (Å²) >= 11 is 0. The van der Waals surface area contributed by atoms with Crippen molar-refractivity contribution in [3.8, 4) is 23.3 Å². The number of methoxy groups -OCH3 is 1. The van der Waals surface area contributed by atoms with E-state index in [0.717, 1.165) is 12.0 Å². The molecule has 15 nitrogen and oxygen atoms in total. The molecule has 2 saturated heterocycles. The number of benzene rings is 1. The van der Waals surface area contributed by atoms with Gasteiger partial charge < -0.3 is 59.1 Å². The molecule has 67 heavy (non-hydrogen) atoms. The number of hydrogen-bond acceptors (Lipinski definition) is 15. The van der Waals surface area contributed by atoms with Crippen molar-refractivity contribution in [2.45, 2.75) is 155 Å². The highest BCUT2D eigenvalue weighted by Gasteiger charge is 2.77. The van der Waals surface area contributed by atoms with Crippen molar-refractivity contribution in [1.82, 2.24) is 4.90 Å². The first-order valence-electron chi connectivity index (χ1n) is 23.4. The predicted molar refractivity (Wildman–Crippen MR) is 248 cm³/mol. The van der Waals surface area contributed by atoms with Gasteiger partial charge in [-0.25, -0.2) is 4.79 Å². The smallest absolute Gasteiger partial charge is 0.333 e. The summed E-state index contributed by atoms with van der Waals surface area (Å²) in [5.74, 6) is -3.72. The molecule has 2 bridgehead atoms. The minimum atomic E-state index is -2.27. The van der Waals surface area contributed by atoms with E-state index in [1.807, 2.05) is 66.7 Å². The molecule has 5 N–H and O–H groups in total. The standard InChI is InChI=1S/C52H67N3O12/c1-25(2)14-13-19-50(10)20-18-30-41(66-50)29(16-15-26(3)4)43-36(42(30)64-48-40(57)39(56)44-34(63-48)24-62-49(8,9)65-44)38-37-35(32(23-53)46(54)55(38)11)31-22-33(27(5)6)52(37,67-43)51(60,45(31)58)21-17-28(7)47(59)61-12/h14-15,17-18,20,27,31,33-35,39-40,44,48,56-57,60H,13,16,19,21-22,24,54H2,1-12H3/b28-17-/t31?,33?,34-,35?,39-,40-,44-,48+,50?,51?,52?/m0/s1. The predicted octanol–water partition coefficient (Wildman–Crippen LogP) is 6.30. The third-order valence-corrected chi connectivity index (χ3v) is 14.9. The van der Waals surface area contributed by atoms with E-state index in [1.165, 1.54) is 18.8 Å². The first-order chi connectivity index (χ1) is 31.5. The lowest BCUT2D eigenvalue weighted by molar-refractivity contribution is -0.373. The molecule has 362 valence electrons. The van der Waals surface area contributed by atoms with Crippen LogP contribution in [0, 0.1) is 35.0 Å². The summed E-state index contributed by atoms with van der Waals surface area (Å²) < 4.78 is 45.4. The van der Waals surface area contributed by atoms with Crippen LogP contribution in [0.1, 0.15) is 112 Å². The van der Waals surface area contributed by atoms with Gasteiger partial charge in [0.05, 0.1) is 42.2 Å². The number of ketones is 1. The van der Waals surface area contributed by atoms with E-state index in [1.54, 1.807) is 32.7 Å². The molecular weight excluding hydrogens is 859 g/mol. The SMILES string of the molecule is COC(=O)/C(C)=C\CC1(O)C(=O)C2CC(C(C)C)C13Oc1c(CC=C(C)C)c4c(c(O[C@H]5O[C@H]6COC(C)(C)O[C@@H]6[C@@H](O)[C@@H]5O)c1C1=C3C2C(C#N)=C(N)N1C)C=CC(C)(CCC=C(C)C)O4. The molecule has 5 heterocycles. The molecule has 1 aromatic rings. The van der Waals surface area contributed by atoms with E-state index < -0.39 is 82.8 Å². The van der Waals surface area contributed by atoms with E-state index in [9.17, 15) is 25.4 Å². The number of nitriles is 1. The van der Waals surface area contributed by atoms with Crippen LogP contribution in [0.5, 0.6) is 17.2 Å². The minimum absolute atomic E-state index is 0.0459. The molecule has 5 aliphatic heterocycles. The van der Waals surface area contributed by atoms with Crippen LogP contribution >= 0.6 is 0 Å². The number of ether oxygens (including phenoxy) is 7. The molecule has 11 atom stereocenters. The van der Waals surface area contributed by atoms with Crippen molar-refractivity contribution < 1.29 is 58.1 Å². The first-order valence-corrected chi connectivity index (χ1v) is 23.4. The van der Waals surface area contributed by atoms with Gasteiger partial charge in [0.2, 0.25) is 6.29 Å². The van der Waals surface area contributed by atoms with Crippen LogP contribution in [-0.2, 0) is 35.0 Å². The van der Waals surface area contributed by atoms with Crippen molar-refractivity contribution in [3.05, 3.63) is 74.7 Å². The average molecular weight is 926 g/mol. The Morgan fingerprint density at radius 3 is 2.40 bits per heavy atom. The molecule has 9 rings (SSSR count). The number of fused-ring (bicyclic) bond motifs is 6. The molecule has 1 spiro atoms. The lowest BCUT2D eigenvalue weighted by Crippen LogP contribution is -2.78. The number of carbonyl (C=O) groups excluding carboxylic acids is 2. The number of esters is 1. The Labute approximate surface area is 393 Å². The van der Waals surface area contributed by atoms with Crippen LogP contribution in [0.15, 0.2) is 58.0 Å². The fraction of sp³-hybridized carbons (Fsp3) is 0.596. The number of rotatable bonds is 11. The van der Waals surface area contributed by atoms with Crippen molar-refractivity contribution in [2.75, 3.05) is 20.8 Å². The zero-order valence-electron chi connectivity index (χ0n) is 40.8. The van der Waals surface area contributed by atoms with Crippen LogP contribution < -0.4 is 19.9 Å². The molecule has 5 fully saturated rings. The van der Waals surface area contributed by atoms with Crippen LogP contribution in [0.3, 0.4) is 0 Å². The molecule has 0 amide bonds. The minimum Gasteiger partial charge on any atom is -0.482 e. The highest BCUT2D eigenvalue weighted by molar-refractivity contribution is 6.01. The Morgan fingerprint density at radius 2 is 1.76 bits per heavy atom. The normalized spacial score (nSPS) is 34.5. The zero-order chi connectivity index (χ0) is 48.9. The highest BCUT2D eigenvalue weighted by Crippen LogP contribution is 2.70. The highest BCUT2D eigenvalue weighted by atomic mass is 16.8. The number of nitrogens with two attached hydrogens (primary N) is 1. The van der Waals surface area contributed by atoms with Crippen LogP contribution in [-0.4, -0.2) is 106 Å². The molecular formula is C52H67N3O12. The molecule has 6 unspecified atom stereocenters. The summed E-state index contributed by atoms with van der Waals surface area (Å²) in [6, 6.07) is 2.33. The van der Waals surface area contributed by atoms with Crippen LogP contribution in [0.4, 0.5) is 0 Å². The van der Waals surface area contributed by atoms with Crippen LogP contribution in [0.25, 0.3) is 11.8 Å². The maximum absolute atomic E-state index is 15.3. The van der Waals surface area contributed by atoms with E-state index in [4.69, 9.17) is 38.9 Å². The summed E-state index contributed by atoms with van der Waals surface area (Å²) in [5, 5.41) is 48.1. The molecule has 1 aromatic carbocycles. The zero-order valence-corrected chi connectivity index (χ0v) is 40.8. The fourth-order valence-electron chi connectivity index (χ4n) is 11.5. The van der Waals surface area contributed by atoms with E-state index >= 15 is 4.79 Å². The van der Waals surface area contributed by atoms with Gasteiger partial charge in [0.1, 0.15) is 53.1 Å². The quantitative estimate of drug-likeness (QED) is 0.109. The topological polar surface area (TPSA) is 212 Å². The Bertz CT molecular complexity index is 2480. The first kappa shape index (κ1) is 48.5. The average Bonchev–Trinajstić information content (AvgIpc) is 3.26. The van der Waals surface area contributed by atoms with Gasteiger partial charge in [-0.05, 0) is 99.1 Å². The lowest BCUT2D eigenvalue weighted by atomic mass is 9.43. The fourth-order valence-corrected chi connectivity index (χ4v) is 11.5. The monoisotopic (exact) mass is 925 g/mol. The largest absolute Gasteiger partial charge is 0.482 e. The van der Waals surface area contributed by atoms with Gasteiger partial charge in [-0.1, -0.05) is 43.2 Å².